The van der Waals surface area contributed by atoms with E-state index < -0.39 is 22.8 Å². The number of nitrogens with two attached hydrogens (primary N) is 1. The van der Waals surface area contributed by atoms with E-state index in [4.69, 9.17) is 10.8 Å². The van der Waals surface area contributed by atoms with Gasteiger partial charge in [0.25, 0.3) is 0 Å². The average molecular weight is 208 g/mol. The fourth-order valence-electron chi connectivity index (χ4n) is 0.826. The zero-order chi connectivity index (χ0) is 10.4. The molecule has 0 radical (unpaired) electrons. The van der Waals surface area contributed by atoms with Crippen LogP contribution in [-0.4, -0.2) is 45.9 Å². The molecule has 0 saturated carbocycles. The lowest BCUT2D eigenvalue weighted by Gasteiger charge is -2.13. The first kappa shape index (κ1) is 12.5. The Labute approximate surface area is 80.1 Å². The SMILES string of the molecule is CC(CS(C)=O)NCC(N)C(=O)O. The highest BCUT2D eigenvalue weighted by atomic mass is 32.2. The van der Waals surface area contributed by atoms with E-state index in [1.165, 1.54) is 0 Å². The fourth-order valence-corrected chi connectivity index (χ4v) is 1.65. The molecule has 13 heavy (non-hydrogen) atoms. The van der Waals surface area contributed by atoms with Gasteiger partial charge < -0.3 is 16.2 Å². The Balaban J connectivity index is 3.63. The molecule has 0 aromatic rings. The second-order valence-corrected chi connectivity index (χ2v) is 4.47. The van der Waals surface area contributed by atoms with Crippen LogP contribution in [0.5, 0.6) is 0 Å². The largest absolute Gasteiger partial charge is 0.480 e. The summed E-state index contributed by atoms with van der Waals surface area (Å²) in [5, 5.41) is 11.3. The Morgan fingerprint density at radius 2 is 2.23 bits per heavy atom. The quantitative estimate of drug-likeness (QED) is 0.507. The normalized spacial score (nSPS) is 17.8. The van der Waals surface area contributed by atoms with Crippen LogP contribution in [0, 0.1) is 0 Å². The minimum absolute atomic E-state index is 0.0243. The summed E-state index contributed by atoms with van der Waals surface area (Å²) in [6.07, 6.45) is 1.61. The van der Waals surface area contributed by atoms with Gasteiger partial charge in [0.15, 0.2) is 0 Å². The molecule has 0 rings (SSSR count). The lowest BCUT2D eigenvalue weighted by atomic mass is 10.3. The van der Waals surface area contributed by atoms with E-state index >= 15 is 0 Å². The van der Waals surface area contributed by atoms with Crippen molar-refractivity contribution in [3.8, 4) is 0 Å². The van der Waals surface area contributed by atoms with Crippen molar-refractivity contribution in [2.75, 3.05) is 18.6 Å². The van der Waals surface area contributed by atoms with Gasteiger partial charge >= 0.3 is 5.97 Å². The molecule has 3 atom stereocenters. The summed E-state index contributed by atoms with van der Waals surface area (Å²) >= 11 is 0. The van der Waals surface area contributed by atoms with Crippen molar-refractivity contribution in [1.29, 1.82) is 0 Å². The molecule has 0 bridgehead atoms. The lowest BCUT2D eigenvalue weighted by Crippen LogP contribution is -2.44. The minimum Gasteiger partial charge on any atom is -0.480 e. The zero-order valence-electron chi connectivity index (χ0n) is 7.82. The highest BCUT2D eigenvalue weighted by molar-refractivity contribution is 7.84. The molecule has 0 saturated heterocycles. The maximum absolute atomic E-state index is 10.8. The van der Waals surface area contributed by atoms with E-state index in [1.807, 2.05) is 6.92 Å². The van der Waals surface area contributed by atoms with Gasteiger partial charge in [0, 0.05) is 35.4 Å². The molecule has 0 aliphatic rings. The highest BCUT2D eigenvalue weighted by Gasteiger charge is 2.12. The predicted molar refractivity (Wildman–Crippen MR) is 52.0 cm³/mol. The van der Waals surface area contributed by atoms with E-state index in [9.17, 15) is 9.00 Å². The van der Waals surface area contributed by atoms with Crippen LogP contribution < -0.4 is 11.1 Å². The van der Waals surface area contributed by atoms with Gasteiger partial charge in [0.1, 0.15) is 6.04 Å². The van der Waals surface area contributed by atoms with Gasteiger partial charge in [-0.3, -0.25) is 9.00 Å². The van der Waals surface area contributed by atoms with Gasteiger partial charge in [0.05, 0.1) is 0 Å². The molecular weight excluding hydrogens is 192 g/mol. The maximum Gasteiger partial charge on any atom is 0.321 e. The summed E-state index contributed by atoms with van der Waals surface area (Å²) in [5.41, 5.74) is 5.26. The number of hydrogen-bond acceptors (Lipinski definition) is 4. The fraction of sp³-hybridized carbons (Fsp3) is 0.857. The third-order valence-corrected chi connectivity index (χ3v) is 2.46. The van der Waals surface area contributed by atoms with Crippen molar-refractivity contribution in [2.24, 2.45) is 5.73 Å². The number of rotatable bonds is 6. The molecule has 0 aliphatic carbocycles. The Kier molecular flexibility index (Phi) is 5.85. The van der Waals surface area contributed by atoms with Crippen LogP contribution >= 0.6 is 0 Å². The number of carboxylic acids is 1. The number of nitrogens with one attached hydrogen (secondary N) is 1. The van der Waals surface area contributed by atoms with Crippen molar-refractivity contribution < 1.29 is 14.1 Å². The molecule has 6 heteroatoms. The van der Waals surface area contributed by atoms with Crippen LogP contribution in [0.25, 0.3) is 0 Å². The molecule has 5 nitrogen and oxygen atoms in total. The molecule has 0 heterocycles. The topological polar surface area (TPSA) is 92.4 Å². The van der Waals surface area contributed by atoms with Gasteiger partial charge in [-0.05, 0) is 6.92 Å². The van der Waals surface area contributed by atoms with Crippen LogP contribution in [0.3, 0.4) is 0 Å². The molecule has 0 spiro atoms. The lowest BCUT2D eigenvalue weighted by molar-refractivity contribution is -0.138. The minimum atomic E-state index is -1.03. The van der Waals surface area contributed by atoms with E-state index in [2.05, 4.69) is 5.32 Å². The predicted octanol–water partition coefficient (Wildman–Crippen LogP) is -1.25. The number of carbonyl (C=O) groups is 1. The van der Waals surface area contributed by atoms with E-state index in [1.54, 1.807) is 6.26 Å². The molecule has 4 N–H and O–H groups in total. The Morgan fingerprint density at radius 3 is 2.62 bits per heavy atom. The monoisotopic (exact) mass is 208 g/mol. The standard InChI is InChI=1S/C7H16N2O3S/c1-5(4-13(2)12)9-3-6(8)7(10)11/h5-6,9H,3-4,8H2,1-2H3,(H,10,11). The molecule has 0 fully saturated rings. The van der Waals surface area contributed by atoms with Crippen molar-refractivity contribution >= 4 is 16.8 Å². The number of aliphatic carboxylic acids is 1. The van der Waals surface area contributed by atoms with Crippen molar-refractivity contribution in [2.45, 2.75) is 19.0 Å². The molecule has 0 aromatic carbocycles. The first-order chi connectivity index (χ1) is 5.93. The van der Waals surface area contributed by atoms with Gasteiger partial charge in [-0.2, -0.15) is 0 Å². The molecule has 0 amide bonds. The van der Waals surface area contributed by atoms with Crippen LogP contribution in [0.15, 0.2) is 0 Å². The number of hydrogen-bond donors (Lipinski definition) is 3. The summed E-state index contributed by atoms with van der Waals surface area (Å²) in [6, 6.07) is -0.871. The summed E-state index contributed by atoms with van der Waals surface area (Å²) < 4.78 is 10.8. The van der Waals surface area contributed by atoms with Gasteiger partial charge in [-0.25, -0.2) is 0 Å². The summed E-state index contributed by atoms with van der Waals surface area (Å²) in [4.78, 5) is 10.3. The first-order valence-corrected chi connectivity index (χ1v) is 5.68. The van der Waals surface area contributed by atoms with Gasteiger partial charge in [0.2, 0.25) is 0 Å². The van der Waals surface area contributed by atoms with E-state index in [0.717, 1.165) is 0 Å². The summed E-state index contributed by atoms with van der Waals surface area (Å²) in [5.74, 6) is -0.524. The summed E-state index contributed by atoms with van der Waals surface area (Å²) in [6.45, 7) is 2.05. The molecule has 0 aromatic heterocycles. The van der Waals surface area contributed by atoms with E-state index in [-0.39, 0.29) is 12.6 Å². The van der Waals surface area contributed by atoms with Crippen LogP contribution in [-0.2, 0) is 15.6 Å². The molecule has 3 unspecified atom stereocenters. The van der Waals surface area contributed by atoms with Crippen LogP contribution in [0.4, 0.5) is 0 Å². The third-order valence-electron chi connectivity index (χ3n) is 1.49. The molecule has 0 aliphatic heterocycles. The van der Waals surface area contributed by atoms with Crippen molar-refractivity contribution in [1.82, 2.24) is 5.32 Å². The molecular formula is C7H16N2O3S. The first-order valence-electron chi connectivity index (χ1n) is 3.95. The van der Waals surface area contributed by atoms with Crippen LogP contribution in [0.1, 0.15) is 6.92 Å². The number of carboxylic acid groups (broad SMARTS) is 1. The van der Waals surface area contributed by atoms with Crippen LogP contribution in [0.2, 0.25) is 0 Å². The van der Waals surface area contributed by atoms with Crippen molar-refractivity contribution in [3.05, 3.63) is 0 Å². The Bertz CT molecular complexity index is 198. The van der Waals surface area contributed by atoms with Gasteiger partial charge in [-0.15, -0.1) is 0 Å². The smallest absolute Gasteiger partial charge is 0.321 e. The maximum atomic E-state index is 10.8. The molecule has 78 valence electrons. The van der Waals surface area contributed by atoms with Gasteiger partial charge in [-0.1, -0.05) is 0 Å². The zero-order valence-corrected chi connectivity index (χ0v) is 8.63. The average Bonchev–Trinajstić information content (AvgIpc) is 1.98. The Morgan fingerprint density at radius 1 is 1.69 bits per heavy atom. The summed E-state index contributed by atoms with van der Waals surface area (Å²) in [7, 11) is -0.872. The second kappa shape index (κ2) is 6.06. The Hall–Kier alpha value is -0.460. The van der Waals surface area contributed by atoms with E-state index in [0.29, 0.717) is 5.75 Å². The van der Waals surface area contributed by atoms with Crippen molar-refractivity contribution in [3.63, 3.8) is 0 Å². The second-order valence-electron chi connectivity index (χ2n) is 2.99. The third kappa shape index (κ3) is 6.68. The highest BCUT2D eigenvalue weighted by Crippen LogP contribution is 1.86.